The number of hydrogen-bond donors (Lipinski definition) is 1. The fraction of sp³-hybridized carbons (Fsp3) is 0.174. The van der Waals surface area contributed by atoms with Crippen molar-refractivity contribution in [3.8, 4) is 23.0 Å². The second-order valence-electron chi connectivity index (χ2n) is 6.54. The molecule has 144 valence electrons. The van der Waals surface area contributed by atoms with Crippen LogP contribution in [-0.4, -0.2) is 29.2 Å². The number of rotatable bonds is 4. The summed E-state index contributed by atoms with van der Waals surface area (Å²) in [7, 11) is 0. The second kappa shape index (κ2) is 8.53. The number of alkyl carbamates (subject to hydrolysis) is 1. The predicted octanol–water partition coefficient (Wildman–Crippen LogP) is 3.90. The minimum atomic E-state index is -0.785. The fourth-order valence-electron chi connectivity index (χ4n) is 3.42. The molecule has 29 heavy (non-hydrogen) atoms. The first-order valence-electron chi connectivity index (χ1n) is 9.27. The van der Waals surface area contributed by atoms with Crippen molar-refractivity contribution in [3.63, 3.8) is 0 Å². The highest BCUT2D eigenvalue weighted by Gasteiger charge is 2.28. The molecular formula is C23H18FN3O2. The lowest BCUT2D eigenvalue weighted by Gasteiger charge is -2.14. The molecular weight excluding hydrogens is 369 g/mol. The maximum atomic E-state index is 12.6. The smallest absolute Gasteiger partial charge is 0.407 e. The molecule has 2 aromatic carbocycles. The monoisotopic (exact) mass is 387 g/mol. The molecule has 6 heteroatoms. The summed E-state index contributed by atoms with van der Waals surface area (Å²) in [6.07, 6.45) is 1.80. The number of carbonyl (C=O) groups excluding carboxylic acids is 1. The van der Waals surface area contributed by atoms with Crippen molar-refractivity contribution in [2.45, 2.75) is 12.3 Å². The number of halogens is 1. The van der Waals surface area contributed by atoms with Crippen LogP contribution in [0.5, 0.6) is 0 Å². The molecule has 0 atom stereocenters. The number of fused-ring (bicyclic) bond motifs is 3. The van der Waals surface area contributed by atoms with Crippen LogP contribution in [0.25, 0.3) is 11.1 Å². The van der Waals surface area contributed by atoms with Crippen LogP contribution in [-0.2, 0) is 4.74 Å². The van der Waals surface area contributed by atoms with Crippen LogP contribution >= 0.6 is 0 Å². The van der Waals surface area contributed by atoms with E-state index in [2.05, 4.69) is 51.4 Å². The highest BCUT2D eigenvalue weighted by Crippen LogP contribution is 2.44. The molecule has 1 heterocycles. The van der Waals surface area contributed by atoms with Gasteiger partial charge in [0.2, 0.25) is 0 Å². The van der Waals surface area contributed by atoms with Gasteiger partial charge in [0.05, 0.1) is 5.56 Å². The zero-order valence-corrected chi connectivity index (χ0v) is 15.6. The van der Waals surface area contributed by atoms with Gasteiger partial charge in [0.25, 0.3) is 0 Å². The van der Waals surface area contributed by atoms with Crippen LogP contribution in [0, 0.1) is 17.9 Å². The van der Waals surface area contributed by atoms with Crippen LogP contribution in [0.15, 0.2) is 60.9 Å². The quantitative estimate of drug-likeness (QED) is 0.419. The molecule has 0 bridgehead atoms. The van der Waals surface area contributed by atoms with Crippen LogP contribution < -0.4 is 5.32 Å². The van der Waals surface area contributed by atoms with Crippen LogP contribution in [0.3, 0.4) is 0 Å². The zero-order valence-electron chi connectivity index (χ0n) is 15.6. The SMILES string of the molecule is O=C(NCCC#Cc1cnc(F)nc1)OCC1c2ccccc2-c2ccccc21. The van der Waals surface area contributed by atoms with Gasteiger partial charge in [-0.3, -0.25) is 0 Å². The van der Waals surface area contributed by atoms with Crippen LogP contribution in [0.1, 0.15) is 29.0 Å². The summed E-state index contributed by atoms with van der Waals surface area (Å²) in [5.41, 5.74) is 5.25. The molecule has 1 aliphatic rings. The number of aromatic nitrogens is 2. The zero-order chi connectivity index (χ0) is 20.1. The molecule has 5 nitrogen and oxygen atoms in total. The average Bonchev–Trinajstić information content (AvgIpc) is 3.07. The van der Waals surface area contributed by atoms with Crippen molar-refractivity contribution in [1.29, 1.82) is 0 Å². The number of nitrogens with zero attached hydrogens (tertiary/aromatic N) is 2. The number of hydrogen-bond acceptors (Lipinski definition) is 4. The van der Waals surface area contributed by atoms with Gasteiger partial charge < -0.3 is 10.1 Å². The summed E-state index contributed by atoms with van der Waals surface area (Å²) in [6, 6.07) is 16.4. The van der Waals surface area contributed by atoms with E-state index in [4.69, 9.17) is 4.74 Å². The molecule has 0 saturated heterocycles. The predicted molar refractivity (Wildman–Crippen MR) is 107 cm³/mol. The minimum Gasteiger partial charge on any atom is -0.449 e. The summed E-state index contributed by atoms with van der Waals surface area (Å²) in [4.78, 5) is 18.9. The average molecular weight is 387 g/mol. The van der Waals surface area contributed by atoms with E-state index in [0.29, 0.717) is 18.5 Å². The molecule has 1 N–H and O–H groups in total. The Morgan fingerprint density at radius 3 is 2.31 bits per heavy atom. The van der Waals surface area contributed by atoms with Crippen molar-refractivity contribution < 1.29 is 13.9 Å². The Morgan fingerprint density at radius 2 is 1.66 bits per heavy atom. The molecule has 4 rings (SSSR count). The molecule has 0 aliphatic heterocycles. The van der Waals surface area contributed by atoms with Crippen molar-refractivity contribution in [2.24, 2.45) is 0 Å². The number of amides is 1. The lowest BCUT2D eigenvalue weighted by Crippen LogP contribution is -2.26. The van der Waals surface area contributed by atoms with Gasteiger partial charge in [-0.1, -0.05) is 60.4 Å². The van der Waals surface area contributed by atoms with E-state index in [9.17, 15) is 9.18 Å². The van der Waals surface area contributed by atoms with Gasteiger partial charge in [-0.25, -0.2) is 14.8 Å². The van der Waals surface area contributed by atoms with Gasteiger partial charge in [0, 0.05) is 31.3 Å². The van der Waals surface area contributed by atoms with Crippen molar-refractivity contribution in [1.82, 2.24) is 15.3 Å². The molecule has 0 unspecified atom stereocenters. The number of ether oxygens (including phenoxy) is 1. The lowest BCUT2D eigenvalue weighted by atomic mass is 9.98. The fourth-order valence-corrected chi connectivity index (χ4v) is 3.42. The molecule has 3 aromatic rings. The molecule has 1 aromatic heterocycles. The van der Waals surface area contributed by atoms with Gasteiger partial charge in [-0.2, -0.15) is 4.39 Å². The Balaban J connectivity index is 1.29. The Labute approximate surface area is 168 Å². The van der Waals surface area contributed by atoms with Crippen molar-refractivity contribution >= 4 is 6.09 Å². The molecule has 0 saturated carbocycles. The highest BCUT2D eigenvalue weighted by molar-refractivity contribution is 5.79. The number of nitrogens with one attached hydrogen (secondary N) is 1. The van der Waals surface area contributed by atoms with Gasteiger partial charge in [-0.05, 0) is 22.3 Å². The van der Waals surface area contributed by atoms with Gasteiger partial charge in [-0.15, -0.1) is 0 Å². The Morgan fingerprint density at radius 1 is 1.03 bits per heavy atom. The van der Waals surface area contributed by atoms with Gasteiger partial charge in [0.1, 0.15) is 6.61 Å². The maximum Gasteiger partial charge on any atom is 0.407 e. The first kappa shape index (κ1) is 18.6. The lowest BCUT2D eigenvalue weighted by molar-refractivity contribution is 0.143. The van der Waals surface area contributed by atoms with E-state index in [0.717, 1.165) is 0 Å². The Hall–Kier alpha value is -3.72. The van der Waals surface area contributed by atoms with E-state index < -0.39 is 12.2 Å². The summed E-state index contributed by atoms with van der Waals surface area (Å²) >= 11 is 0. The van der Waals surface area contributed by atoms with Crippen LogP contribution in [0.2, 0.25) is 0 Å². The minimum absolute atomic E-state index is 0.0337. The van der Waals surface area contributed by atoms with Crippen molar-refractivity contribution in [2.75, 3.05) is 13.2 Å². The third-order valence-corrected chi connectivity index (χ3v) is 4.72. The largest absolute Gasteiger partial charge is 0.449 e. The third kappa shape index (κ3) is 4.25. The highest BCUT2D eigenvalue weighted by atomic mass is 19.1. The summed E-state index contributed by atoms with van der Waals surface area (Å²) < 4.78 is 18.1. The van der Waals surface area contributed by atoms with E-state index >= 15 is 0 Å². The number of carbonyl (C=O) groups is 1. The molecule has 0 radical (unpaired) electrons. The summed E-state index contributed by atoms with van der Waals surface area (Å²) in [6.45, 7) is 0.629. The topological polar surface area (TPSA) is 64.1 Å². The molecule has 1 aliphatic carbocycles. The third-order valence-electron chi connectivity index (χ3n) is 4.72. The van der Waals surface area contributed by atoms with E-state index in [1.54, 1.807) is 0 Å². The van der Waals surface area contributed by atoms with Crippen LogP contribution in [0.4, 0.5) is 9.18 Å². The van der Waals surface area contributed by atoms with Gasteiger partial charge in [0.15, 0.2) is 0 Å². The first-order valence-corrected chi connectivity index (χ1v) is 9.27. The maximum absolute atomic E-state index is 12.6. The van der Waals surface area contributed by atoms with Gasteiger partial charge >= 0.3 is 12.2 Å². The number of benzene rings is 2. The molecule has 1 amide bonds. The second-order valence-corrected chi connectivity index (χ2v) is 6.54. The summed E-state index contributed by atoms with van der Waals surface area (Å²) in [5.74, 6) is 5.72. The first-order chi connectivity index (χ1) is 14.2. The van der Waals surface area contributed by atoms with Crippen molar-refractivity contribution in [3.05, 3.63) is 83.7 Å². The molecule has 0 spiro atoms. The standard InChI is InChI=1S/C23H18FN3O2/c24-22-26-13-16(14-27-22)7-5-6-12-25-23(28)29-15-21-19-10-3-1-8-17(19)18-9-2-4-11-20(18)21/h1-4,8-11,13-14,21H,6,12,15H2,(H,25,28). The molecule has 0 fully saturated rings. The Kier molecular flexibility index (Phi) is 5.48. The summed E-state index contributed by atoms with van der Waals surface area (Å²) in [5, 5.41) is 2.70. The van der Waals surface area contributed by atoms with E-state index in [1.807, 2.05) is 24.3 Å². The normalized spacial score (nSPS) is 11.8. The van der Waals surface area contributed by atoms with E-state index in [-0.39, 0.29) is 12.5 Å². The van der Waals surface area contributed by atoms with E-state index in [1.165, 1.54) is 34.6 Å². The Bertz CT molecular complexity index is 1040.